The Kier molecular flexibility index (Phi) is 4.02. The predicted octanol–water partition coefficient (Wildman–Crippen LogP) is -0.913. The van der Waals surface area contributed by atoms with Crippen LogP contribution in [-0.2, 0) is 0 Å². The Labute approximate surface area is 83.8 Å². The zero-order valence-electron chi connectivity index (χ0n) is 5.87. The van der Waals surface area contributed by atoms with Crippen molar-refractivity contribution in [2.75, 3.05) is 0 Å². The van der Waals surface area contributed by atoms with E-state index in [2.05, 4.69) is 9.97 Å². The Morgan fingerprint density at radius 1 is 1.55 bits per heavy atom. The maximum Gasteiger partial charge on any atom is 0.354 e. The molecule has 2 N–H and O–H groups in total. The van der Waals surface area contributed by atoms with Crippen molar-refractivity contribution in [2.24, 2.45) is 0 Å². The van der Waals surface area contributed by atoms with Crippen molar-refractivity contribution in [3.8, 4) is 0 Å². The van der Waals surface area contributed by atoms with Crippen molar-refractivity contribution in [2.45, 2.75) is 0 Å². The van der Waals surface area contributed by atoms with E-state index in [1.807, 2.05) is 0 Å². The summed E-state index contributed by atoms with van der Waals surface area (Å²) in [7, 11) is 0. The standard InChI is InChI=1S/C5H4N2O3.Na/c8-4-2-6-1-3(7-4)5(9)10;/h1-2H,(H,7,8)(H,9,10);. The summed E-state index contributed by atoms with van der Waals surface area (Å²) in [6.07, 6.45) is 2.08. The molecule has 0 fully saturated rings. The number of hydrogen-bond donors (Lipinski definition) is 2. The first-order valence-corrected chi connectivity index (χ1v) is 2.48. The molecule has 0 aliphatic carbocycles. The van der Waals surface area contributed by atoms with Crippen molar-refractivity contribution >= 4 is 35.5 Å². The first-order valence-electron chi connectivity index (χ1n) is 2.48. The molecule has 1 heterocycles. The largest absolute Gasteiger partial charge is 0.477 e. The van der Waals surface area contributed by atoms with Crippen LogP contribution in [0.3, 0.4) is 0 Å². The first-order chi connectivity index (χ1) is 4.70. The average Bonchev–Trinajstić information content (AvgIpc) is 1.88. The predicted molar refractivity (Wildman–Crippen MR) is 37.6 cm³/mol. The summed E-state index contributed by atoms with van der Waals surface area (Å²) in [5.74, 6) is -1.19. The van der Waals surface area contributed by atoms with E-state index in [1.165, 1.54) is 0 Å². The molecule has 1 aromatic rings. The van der Waals surface area contributed by atoms with Gasteiger partial charge >= 0.3 is 5.97 Å². The van der Waals surface area contributed by atoms with E-state index in [0.717, 1.165) is 12.4 Å². The Hall–Kier alpha value is -0.650. The van der Waals surface area contributed by atoms with Crippen molar-refractivity contribution in [3.05, 3.63) is 28.4 Å². The summed E-state index contributed by atoms with van der Waals surface area (Å²) in [6, 6.07) is 0. The number of carbonyl (C=O) groups is 1. The Balaban J connectivity index is 0.000001000. The second-order valence-electron chi connectivity index (χ2n) is 1.62. The van der Waals surface area contributed by atoms with Gasteiger partial charge in [0.15, 0.2) is 0 Å². The molecule has 0 aliphatic rings. The number of nitrogens with one attached hydrogen (secondary N) is 1. The van der Waals surface area contributed by atoms with Gasteiger partial charge in [0.25, 0.3) is 5.56 Å². The van der Waals surface area contributed by atoms with Crippen LogP contribution in [0.15, 0.2) is 17.2 Å². The molecule has 53 valence electrons. The van der Waals surface area contributed by atoms with E-state index in [-0.39, 0.29) is 35.3 Å². The van der Waals surface area contributed by atoms with Gasteiger partial charge in [-0.15, -0.1) is 0 Å². The van der Waals surface area contributed by atoms with Gasteiger partial charge in [0.05, 0.1) is 12.4 Å². The molecular weight excluding hydrogens is 159 g/mol. The molecule has 0 aliphatic heterocycles. The van der Waals surface area contributed by atoms with Gasteiger partial charge in [0.2, 0.25) is 0 Å². The summed E-state index contributed by atoms with van der Waals surface area (Å²) in [4.78, 5) is 26.0. The van der Waals surface area contributed by atoms with E-state index < -0.39 is 11.5 Å². The van der Waals surface area contributed by atoms with Gasteiger partial charge in [-0.25, -0.2) is 4.79 Å². The first kappa shape index (κ1) is 10.3. The molecule has 5 nitrogen and oxygen atoms in total. The van der Waals surface area contributed by atoms with Crippen LogP contribution in [0.2, 0.25) is 0 Å². The third-order valence-electron chi connectivity index (χ3n) is 0.884. The van der Waals surface area contributed by atoms with E-state index >= 15 is 0 Å². The molecule has 0 bridgehead atoms. The smallest absolute Gasteiger partial charge is 0.354 e. The number of aromatic amines is 1. The molecular formula is C5H4N2NaO3. The van der Waals surface area contributed by atoms with Crippen molar-refractivity contribution < 1.29 is 9.90 Å². The monoisotopic (exact) mass is 163 g/mol. The van der Waals surface area contributed by atoms with Gasteiger partial charge in [-0.1, -0.05) is 0 Å². The Bertz CT molecular complexity index is 309. The zero-order chi connectivity index (χ0) is 7.56. The van der Waals surface area contributed by atoms with Crippen molar-refractivity contribution in [1.29, 1.82) is 0 Å². The second-order valence-corrected chi connectivity index (χ2v) is 1.62. The molecule has 0 saturated heterocycles. The van der Waals surface area contributed by atoms with Gasteiger partial charge in [-0.3, -0.25) is 9.78 Å². The van der Waals surface area contributed by atoms with E-state index in [1.54, 1.807) is 0 Å². The fourth-order valence-corrected chi connectivity index (χ4v) is 0.485. The number of aromatic carboxylic acids is 1. The molecule has 6 heteroatoms. The second kappa shape index (κ2) is 4.27. The minimum atomic E-state index is -1.19. The zero-order valence-corrected chi connectivity index (χ0v) is 7.87. The maximum atomic E-state index is 10.4. The van der Waals surface area contributed by atoms with E-state index in [0.29, 0.717) is 0 Å². The number of rotatable bonds is 1. The van der Waals surface area contributed by atoms with Gasteiger partial charge in [-0.2, -0.15) is 0 Å². The van der Waals surface area contributed by atoms with E-state index in [4.69, 9.17) is 5.11 Å². The van der Waals surface area contributed by atoms with Crippen LogP contribution < -0.4 is 5.56 Å². The average molecular weight is 163 g/mol. The normalized spacial score (nSPS) is 8.36. The topological polar surface area (TPSA) is 83.0 Å². The Morgan fingerprint density at radius 3 is 2.55 bits per heavy atom. The quantitative estimate of drug-likeness (QED) is 0.525. The SMILES string of the molecule is O=C(O)c1cncc(=O)[nH]1.[Na]. The third-order valence-corrected chi connectivity index (χ3v) is 0.884. The molecule has 0 unspecified atom stereocenters. The van der Waals surface area contributed by atoms with Crippen LogP contribution in [0, 0.1) is 0 Å². The van der Waals surface area contributed by atoms with Crippen LogP contribution in [0.1, 0.15) is 10.5 Å². The summed E-state index contributed by atoms with van der Waals surface area (Å²) in [5.41, 5.74) is -0.715. The fraction of sp³-hybridized carbons (Fsp3) is 0. The van der Waals surface area contributed by atoms with Crippen LogP contribution in [0.4, 0.5) is 0 Å². The van der Waals surface area contributed by atoms with Gasteiger partial charge in [-0.05, 0) is 0 Å². The number of H-pyrrole nitrogens is 1. The number of nitrogens with zero attached hydrogens (tertiary/aromatic N) is 1. The molecule has 11 heavy (non-hydrogen) atoms. The number of hydrogen-bond acceptors (Lipinski definition) is 3. The molecule has 0 saturated carbocycles. The van der Waals surface area contributed by atoms with Crippen LogP contribution in [0.25, 0.3) is 0 Å². The third kappa shape index (κ3) is 2.83. The summed E-state index contributed by atoms with van der Waals surface area (Å²) in [5, 5.41) is 8.30. The summed E-state index contributed by atoms with van der Waals surface area (Å²) >= 11 is 0. The summed E-state index contributed by atoms with van der Waals surface area (Å²) in [6.45, 7) is 0. The molecule has 1 radical (unpaired) electrons. The minimum absolute atomic E-state index is 0. The van der Waals surface area contributed by atoms with Crippen molar-refractivity contribution in [3.63, 3.8) is 0 Å². The Morgan fingerprint density at radius 2 is 2.18 bits per heavy atom. The number of aromatic nitrogens is 2. The molecule has 0 atom stereocenters. The number of carboxylic acid groups (broad SMARTS) is 1. The molecule has 0 spiro atoms. The molecule has 1 rings (SSSR count). The fourth-order valence-electron chi connectivity index (χ4n) is 0.485. The van der Waals surface area contributed by atoms with Crippen LogP contribution in [0.5, 0.6) is 0 Å². The van der Waals surface area contributed by atoms with Crippen LogP contribution in [-0.4, -0.2) is 50.6 Å². The van der Waals surface area contributed by atoms with Gasteiger partial charge < -0.3 is 10.1 Å². The van der Waals surface area contributed by atoms with Crippen LogP contribution >= 0.6 is 0 Å². The minimum Gasteiger partial charge on any atom is -0.477 e. The van der Waals surface area contributed by atoms with Gasteiger partial charge in [0, 0.05) is 29.6 Å². The number of carboxylic acids is 1. The molecule has 0 amide bonds. The molecule has 1 aromatic heterocycles. The molecule has 0 aromatic carbocycles. The van der Waals surface area contributed by atoms with E-state index in [9.17, 15) is 9.59 Å². The van der Waals surface area contributed by atoms with Crippen molar-refractivity contribution in [1.82, 2.24) is 9.97 Å². The maximum absolute atomic E-state index is 10.4. The summed E-state index contributed by atoms with van der Waals surface area (Å²) < 4.78 is 0. The van der Waals surface area contributed by atoms with Gasteiger partial charge in [0.1, 0.15) is 5.69 Å².